The third kappa shape index (κ3) is 12.4. The van der Waals surface area contributed by atoms with E-state index in [1.807, 2.05) is 20.8 Å². The molecule has 2 aliphatic rings. The predicted octanol–water partition coefficient (Wildman–Crippen LogP) is 2.16. The number of halogens is 1. The van der Waals surface area contributed by atoms with E-state index in [1.165, 1.54) is 0 Å². The van der Waals surface area contributed by atoms with Gasteiger partial charge in [0.1, 0.15) is 5.60 Å². The van der Waals surface area contributed by atoms with Gasteiger partial charge in [-0.05, 0) is 40.5 Å². The van der Waals surface area contributed by atoms with E-state index in [-0.39, 0.29) is 30.1 Å². The van der Waals surface area contributed by atoms with E-state index >= 15 is 0 Å². The van der Waals surface area contributed by atoms with E-state index in [0.717, 1.165) is 84.5 Å². The molecule has 2 fully saturated rings. The molecule has 1 atom stereocenters. The van der Waals surface area contributed by atoms with Crippen LogP contribution < -0.4 is 10.6 Å². The highest BCUT2D eigenvalue weighted by atomic mass is 127. The molecule has 2 saturated heterocycles. The number of nitrogens with one attached hydrogen (secondary N) is 2. The van der Waals surface area contributed by atoms with Gasteiger partial charge in [-0.2, -0.15) is 0 Å². The molecule has 10 heteroatoms. The van der Waals surface area contributed by atoms with E-state index in [4.69, 9.17) is 14.2 Å². The Balaban J connectivity index is 0.00000512. The van der Waals surface area contributed by atoms with Gasteiger partial charge in [0.15, 0.2) is 5.96 Å². The van der Waals surface area contributed by atoms with Crippen LogP contribution in [0.15, 0.2) is 4.99 Å². The summed E-state index contributed by atoms with van der Waals surface area (Å²) < 4.78 is 16.6. The van der Waals surface area contributed by atoms with E-state index in [2.05, 4.69) is 27.4 Å². The lowest BCUT2D eigenvalue weighted by molar-refractivity contribution is 0.0147. The minimum absolute atomic E-state index is 0. The van der Waals surface area contributed by atoms with Crippen LogP contribution in [-0.2, 0) is 14.2 Å². The van der Waals surface area contributed by atoms with Gasteiger partial charge in [0.2, 0.25) is 0 Å². The first-order valence-electron chi connectivity index (χ1n) is 11.8. The molecule has 0 spiro atoms. The molecule has 0 aromatic carbocycles. The van der Waals surface area contributed by atoms with Crippen LogP contribution in [0.5, 0.6) is 0 Å². The molecule has 2 heterocycles. The predicted molar refractivity (Wildman–Crippen MR) is 138 cm³/mol. The highest BCUT2D eigenvalue weighted by Crippen LogP contribution is 2.12. The largest absolute Gasteiger partial charge is 0.444 e. The van der Waals surface area contributed by atoms with Gasteiger partial charge >= 0.3 is 6.09 Å². The average Bonchev–Trinajstić information content (AvgIpc) is 3.23. The lowest BCUT2D eigenvalue weighted by Gasteiger charge is -2.35. The van der Waals surface area contributed by atoms with Crippen molar-refractivity contribution in [2.24, 2.45) is 10.9 Å². The number of piperazine rings is 1. The summed E-state index contributed by atoms with van der Waals surface area (Å²) in [5, 5.41) is 6.70. The second-order valence-electron chi connectivity index (χ2n) is 9.15. The summed E-state index contributed by atoms with van der Waals surface area (Å²) in [7, 11) is 0. The minimum atomic E-state index is -0.447. The monoisotopic (exact) mass is 569 g/mol. The van der Waals surface area contributed by atoms with Crippen molar-refractivity contribution in [1.82, 2.24) is 20.4 Å². The molecule has 2 N–H and O–H groups in total. The summed E-state index contributed by atoms with van der Waals surface area (Å²) in [6.45, 7) is 17.4. The molecule has 0 aliphatic carbocycles. The Morgan fingerprint density at radius 1 is 1.19 bits per heavy atom. The Kier molecular flexibility index (Phi) is 14.5. The maximum atomic E-state index is 12.2. The number of aliphatic imine (C=N–C) groups is 1. The normalized spacial score (nSPS) is 20.1. The number of nitrogens with zero attached hydrogens (tertiary/aromatic N) is 3. The standard InChI is InChI=1S/C22H43N5O4.HI/c1-5-23-20(24-8-6-15-29-17-19-7-16-30-18-19)25-9-10-26-11-13-27(14-12-26)21(28)31-22(2,3)4;/h19H,5-18H2,1-4H3,(H2,23,24,25);1H. The Morgan fingerprint density at radius 2 is 1.94 bits per heavy atom. The van der Waals surface area contributed by atoms with E-state index in [9.17, 15) is 4.79 Å². The van der Waals surface area contributed by atoms with Crippen LogP contribution in [0.3, 0.4) is 0 Å². The van der Waals surface area contributed by atoms with Crippen LogP contribution in [-0.4, -0.2) is 106 Å². The highest BCUT2D eigenvalue weighted by Gasteiger charge is 2.25. The van der Waals surface area contributed by atoms with Crippen LogP contribution in [0, 0.1) is 5.92 Å². The smallest absolute Gasteiger partial charge is 0.410 e. The Bertz CT molecular complexity index is 545. The summed E-state index contributed by atoms with van der Waals surface area (Å²) in [4.78, 5) is 21.0. The Hall–Kier alpha value is -0.850. The van der Waals surface area contributed by atoms with E-state index < -0.39 is 5.60 Å². The fraction of sp³-hybridized carbons (Fsp3) is 0.909. The number of hydrogen-bond acceptors (Lipinski definition) is 6. The average molecular weight is 570 g/mol. The third-order valence-corrected chi connectivity index (χ3v) is 5.18. The zero-order valence-corrected chi connectivity index (χ0v) is 22.7. The van der Waals surface area contributed by atoms with Gasteiger partial charge < -0.3 is 29.7 Å². The molecule has 188 valence electrons. The molecule has 32 heavy (non-hydrogen) atoms. The summed E-state index contributed by atoms with van der Waals surface area (Å²) >= 11 is 0. The summed E-state index contributed by atoms with van der Waals surface area (Å²) in [6.07, 6.45) is 1.81. The van der Waals surface area contributed by atoms with Gasteiger partial charge in [0.05, 0.1) is 13.2 Å². The second kappa shape index (κ2) is 15.9. The number of ether oxygens (including phenoxy) is 3. The number of guanidine groups is 1. The zero-order chi connectivity index (χ0) is 22.5. The van der Waals surface area contributed by atoms with E-state index in [1.54, 1.807) is 4.90 Å². The summed E-state index contributed by atoms with van der Waals surface area (Å²) in [5.74, 6) is 1.41. The second-order valence-corrected chi connectivity index (χ2v) is 9.15. The van der Waals surface area contributed by atoms with Crippen molar-refractivity contribution in [1.29, 1.82) is 0 Å². The molecule has 0 saturated carbocycles. The maximum absolute atomic E-state index is 12.2. The van der Waals surface area contributed by atoms with Crippen LogP contribution in [0.4, 0.5) is 4.79 Å². The summed E-state index contributed by atoms with van der Waals surface area (Å²) in [6, 6.07) is 0. The number of carbonyl (C=O) groups is 1. The first-order valence-corrected chi connectivity index (χ1v) is 11.8. The topological polar surface area (TPSA) is 87.7 Å². The molecule has 2 rings (SSSR count). The van der Waals surface area contributed by atoms with Crippen molar-refractivity contribution in [2.45, 2.75) is 46.1 Å². The summed E-state index contributed by atoms with van der Waals surface area (Å²) in [5.41, 5.74) is -0.447. The van der Waals surface area contributed by atoms with Gasteiger partial charge in [-0.15, -0.1) is 24.0 Å². The van der Waals surface area contributed by atoms with Crippen molar-refractivity contribution in [3.63, 3.8) is 0 Å². The quantitative estimate of drug-likeness (QED) is 0.181. The number of amides is 1. The molecular weight excluding hydrogens is 525 g/mol. The third-order valence-electron chi connectivity index (χ3n) is 5.18. The van der Waals surface area contributed by atoms with Gasteiger partial charge in [0.25, 0.3) is 0 Å². The highest BCUT2D eigenvalue weighted by molar-refractivity contribution is 14.0. The Labute approximate surface area is 211 Å². The molecular formula is C22H44IN5O4. The fourth-order valence-electron chi connectivity index (χ4n) is 3.48. The molecule has 0 aromatic heterocycles. The van der Waals surface area contributed by atoms with E-state index in [0.29, 0.717) is 19.0 Å². The van der Waals surface area contributed by atoms with Crippen LogP contribution in [0.1, 0.15) is 40.5 Å². The Morgan fingerprint density at radius 3 is 2.56 bits per heavy atom. The van der Waals surface area contributed by atoms with Crippen molar-refractivity contribution in [3.05, 3.63) is 0 Å². The molecule has 1 unspecified atom stereocenters. The zero-order valence-electron chi connectivity index (χ0n) is 20.4. The minimum Gasteiger partial charge on any atom is -0.444 e. The number of hydrogen-bond donors (Lipinski definition) is 2. The SMILES string of the molecule is CCNC(=NCCCOCC1CCOC1)NCCN1CCN(C(=O)OC(C)(C)C)CC1.I. The number of carbonyl (C=O) groups excluding carboxylic acids is 1. The van der Waals surface area contributed by atoms with Gasteiger partial charge in [-0.1, -0.05) is 0 Å². The molecule has 0 bridgehead atoms. The molecule has 1 amide bonds. The van der Waals surface area contributed by atoms with Crippen molar-refractivity contribution in [3.8, 4) is 0 Å². The van der Waals surface area contributed by atoms with Gasteiger partial charge in [0, 0.05) is 71.5 Å². The molecule has 0 radical (unpaired) electrons. The van der Waals surface area contributed by atoms with Gasteiger partial charge in [-0.3, -0.25) is 9.89 Å². The lowest BCUT2D eigenvalue weighted by atomic mass is 10.1. The van der Waals surface area contributed by atoms with Crippen LogP contribution in [0.25, 0.3) is 0 Å². The first-order chi connectivity index (χ1) is 14.9. The van der Waals surface area contributed by atoms with Gasteiger partial charge in [-0.25, -0.2) is 4.79 Å². The van der Waals surface area contributed by atoms with Crippen LogP contribution >= 0.6 is 24.0 Å². The lowest BCUT2D eigenvalue weighted by Crippen LogP contribution is -2.51. The fourth-order valence-corrected chi connectivity index (χ4v) is 3.48. The van der Waals surface area contributed by atoms with Crippen molar-refractivity contribution in [2.75, 3.05) is 78.8 Å². The van der Waals surface area contributed by atoms with Crippen molar-refractivity contribution < 1.29 is 19.0 Å². The molecule has 2 aliphatic heterocycles. The first kappa shape index (κ1) is 29.2. The molecule has 9 nitrogen and oxygen atoms in total. The molecule has 0 aromatic rings. The maximum Gasteiger partial charge on any atom is 0.410 e. The van der Waals surface area contributed by atoms with Crippen molar-refractivity contribution >= 4 is 36.0 Å². The van der Waals surface area contributed by atoms with Crippen LogP contribution in [0.2, 0.25) is 0 Å². The number of rotatable bonds is 10.